The molecule has 0 fully saturated rings. The molecule has 1 heterocycles. The number of nitroso groups, excluding NO2 is 1. The smallest absolute Gasteiger partial charge is 0.325 e. The van der Waals surface area contributed by atoms with Gasteiger partial charge < -0.3 is 5.11 Å². The number of aliphatic carboxylic acids is 1. The summed E-state index contributed by atoms with van der Waals surface area (Å²) in [7, 11) is 0. The molecule has 0 bridgehead atoms. The van der Waals surface area contributed by atoms with Crippen molar-refractivity contribution in [3.05, 3.63) is 46.1 Å². The molecule has 2 rings (SSSR count). The summed E-state index contributed by atoms with van der Waals surface area (Å²) in [5.74, 6) is -1.12. The number of hydrogen-bond donors (Lipinski definition) is 1. The molecule has 0 aliphatic heterocycles. The second-order valence-electron chi connectivity index (χ2n) is 4.76. The Labute approximate surface area is 121 Å². The van der Waals surface area contributed by atoms with Crippen LogP contribution in [0.15, 0.2) is 29.6 Å². The Morgan fingerprint density at radius 1 is 1.29 bits per heavy atom. The maximum atomic E-state index is 10.7. The fraction of sp³-hybridized carbons (Fsp3) is 0.286. The van der Waals surface area contributed by atoms with Crippen LogP contribution in [0.2, 0.25) is 0 Å². The zero-order valence-electron chi connectivity index (χ0n) is 12.1. The van der Waals surface area contributed by atoms with Crippen molar-refractivity contribution in [2.24, 2.45) is 5.29 Å². The van der Waals surface area contributed by atoms with Crippen molar-refractivity contribution >= 4 is 11.7 Å². The highest BCUT2D eigenvalue weighted by molar-refractivity contribution is 5.73. The molecule has 1 N–H and O–H groups in total. The summed E-state index contributed by atoms with van der Waals surface area (Å²) in [4.78, 5) is 21.4. The Hall–Kier alpha value is -2.70. The van der Waals surface area contributed by atoms with Gasteiger partial charge in [0.1, 0.15) is 6.54 Å². The van der Waals surface area contributed by atoms with Crippen LogP contribution in [0.4, 0.5) is 5.69 Å². The number of aryl methyl sites for hydroxylation is 1. The first-order chi connectivity index (χ1) is 9.93. The predicted octanol–water partition coefficient (Wildman–Crippen LogP) is 2.37. The van der Waals surface area contributed by atoms with Gasteiger partial charge in [0.2, 0.25) is 0 Å². The molecule has 1 aromatic carbocycles. The van der Waals surface area contributed by atoms with Crippen molar-refractivity contribution in [1.29, 1.82) is 0 Å². The molecule has 110 valence electrons. The molecule has 0 amide bonds. The second-order valence-corrected chi connectivity index (χ2v) is 4.76. The van der Waals surface area contributed by atoms with Gasteiger partial charge in [-0.1, -0.05) is 0 Å². The van der Waals surface area contributed by atoms with Crippen molar-refractivity contribution in [2.75, 3.05) is 11.6 Å². The lowest BCUT2D eigenvalue weighted by Gasteiger charge is -2.13. The number of rotatable bonds is 5. The van der Waals surface area contributed by atoms with Crippen LogP contribution in [0, 0.1) is 25.7 Å². The van der Waals surface area contributed by atoms with E-state index in [1.54, 1.807) is 24.3 Å². The zero-order chi connectivity index (χ0) is 15.6. The van der Waals surface area contributed by atoms with E-state index in [-0.39, 0.29) is 0 Å². The summed E-state index contributed by atoms with van der Waals surface area (Å²) < 4.78 is 1.81. The van der Waals surface area contributed by atoms with E-state index in [1.807, 2.05) is 25.5 Å². The Kier molecular flexibility index (Phi) is 4.02. The van der Waals surface area contributed by atoms with Crippen molar-refractivity contribution in [1.82, 2.24) is 9.78 Å². The number of benzene rings is 1. The van der Waals surface area contributed by atoms with Gasteiger partial charge in [-0.25, -0.2) is 9.69 Å². The summed E-state index contributed by atoms with van der Waals surface area (Å²) in [6.45, 7) is 5.46. The van der Waals surface area contributed by atoms with Gasteiger partial charge >= 0.3 is 5.97 Å². The highest BCUT2D eigenvalue weighted by Crippen LogP contribution is 2.20. The number of nitrogens with zero attached hydrogens (tertiary/aromatic N) is 4. The van der Waals surface area contributed by atoms with E-state index < -0.39 is 12.5 Å². The molecular formula is C14H16N4O3. The van der Waals surface area contributed by atoms with E-state index in [1.165, 1.54) is 0 Å². The number of carboxylic acid groups (broad SMARTS) is 1. The molecule has 0 radical (unpaired) electrons. The summed E-state index contributed by atoms with van der Waals surface area (Å²) >= 11 is 0. The zero-order valence-corrected chi connectivity index (χ0v) is 12.1. The second kappa shape index (κ2) is 5.74. The van der Waals surface area contributed by atoms with Gasteiger partial charge in [0, 0.05) is 5.69 Å². The molecule has 0 unspecified atom stereocenters. The molecule has 0 saturated carbocycles. The Bertz CT molecular complexity index is 676. The first kappa shape index (κ1) is 14.7. The molecule has 1 aromatic heterocycles. The first-order valence-electron chi connectivity index (χ1n) is 6.40. The minimum absolute atomic E-state index is 0.425. The van der Waals surface area contributed by atoms with Gasteiger partial charge in [-0.05, 0) is 50.6 Å². The first-order valence-corrected chi connectivity index (χ1v) is 6.40. The molecule has 0 aliphatic rings. The van der Waals surface area contributed by atoms with Crippen LogP contribution in [0.1, 0.15) is 17.0 Å². The number of aromatic nitrogens is 2. The average Bonchev–Trinajstić information content (AvgIpc) is 2.72. The summed E-state index contributed by atoms with van der Waals surface area (Å²) in [5.41, 5.74) is 4.39. The van der Waals surface area contributed by atoms with Crippen LogP contribution in [-0.4, -0.2) is 27.4 Å². The van der Waals surface area contributed by atoms with Crippen molar-refractivity contribution in [3.63, 3.8) is 0 Å². The lowest BCUT2D eigenvalue weighted by atomic mass is 10.2. The van der Waals surface area contributed by atoms with E-state index in [0.717, 1.165) is 27.6 Å². The number of carbonyl (C=O) groups is 1. The van der Waals surface area contributed by atoms with E-state index in [2.05, 4.69) is 10.4 Å². The number of hydrogen-bond acceptors (Lipinski definition) is 4. The third-order valence-corrected chi connectivity index (χ3v) is 3.43. The molecule has 21 heavy (non-hydrogen) atoms. The van der Waals surface area contributed by atoms with Crippen molar-refractivity contribution in [3.8, 4) is 5.69 Å². The Morgan fingerprint density at radius 2 is 1.90 bits per heavy atom. The molecule has 0 saturated heterocycles. The molecule has 0 spiro atoms. The van der Waals surface area contributed by atoms with E-state index in [0.29, 0.717) is 5.69 Å². The third kappa shape index (κ3) is 2.91. The SMILES string of the molecule is Cc1nn(-c2ccc(N(CC(=O)O)N=O)cc2)c(C)c1C. The molecular weight excluding hydrogens is 272 g/mol. The van der Waals surface area contributed by atoms with Gasteiger partial charge in [-0.2, -0.15) is 5.10 Å². The fourth-order valence-corrected chi connectivity index (χ4v) is 2.03. The highest BCUT2D eigenvalue weighted by Gasteiger charge is 2.12. The minimum Gasteiger partial charge on any atom is -0.480 e. The minimum atomic E-state index is -1.12. The van der Waals surface area contributed by atoms with Crippen LogP contribution in [0.3, 0.4) is 0 Å². The topological polar surface area (TPSA) is 87.8 Å². The maximum Gasteiger partial charge on any atom is 0.325 e. The van der Waals surface area contributed by atoms with E-state index in [9.17, 15) is 9.70 Å². The van der Waals surface area contributed by atoms with Gasteiger partial charge in [0.05, 0.1) is 22.4 Å². The average molecular weight is 288 g/mol. The standard InChI is InChI=1S/C14H16N4O3/c1-9-10(2)15-18(11(9)3)13-6-4-12(5-7-13)17(16-21)8-14(19)20/h4-7H,8H2,1-3H3,(H,19,20). The summed E-state index contributed by atoms with van der Waals surface area (Å²) in [6, 6.07) is 6.83. The lowest BCUT2D eigenvalue weighted by Crippen LogP contribution is -2.23. The monoisotopic (exact) mass is 288 g/mol. The molecule has 0 atom stereocenters. The van der Waals surface area contributed by atoms with Crippen LogP contribution in [0.25, 0.3) is 5.69 Å². The van der Waals surface area contributed by atoms with Crippen LogP contribution in [-0.2, 0) is 4.79 Å². The molecule has 7 nitrogen and oxygen atoms in total. The summed E-state index contributed by atoms with van der Waals surface area (Å²) in [6.07, 6.45) is 0. The van der Waals surface area contributed by atoms with E-state index >= 15 is 0 Å². The van der Waals surface area contributed by atoms with E-state index in [4.69, 9.17) is 5.11 Å². The largest absolute Gasteiger partial charge is 0.480 e. The van der Waals surface area contributed by atoms with Crippen LogP contribution < -0.4 is 5.01 Å². The highest BCUT2D eigenvalue weighted by atomic mass is 16.4. The maximum absolute atomic E-state index is 10.7. The molecule has 2 aromatic rings. The van der Waals surface area contributed by atoms with Crippen LogP contribution >= 0.6 is 0 Å². The quantitative estimate of drug-likeness (QED) is 0.674. The van der Waals surface area contributed by atoms with Gasteiger partial charge in [0.25, 0.3) is 0 Å². The number of anilines is 1. The predicted molar refractivity (Wildman–Crippen MR) is 78.6 cm³/mol. The normalized spacial score (nSPS) is 10.4. The van der Waals surface area contributed by atoms with Gasteiger partial charge in [-0.15, -0.1) is 4.91 Å². The Balaban J connectivity index is 2.32. The molecule has 0 aliphatic carbocycles. The number of carboxylic acids is 1. The lowest BCUT2D eigenvalue weighted by molar-refractivity contribution is -0.135. The fourth-order valence-electron chi connectivity index (χ4n) is 2.03. The third-order valence-electron chi connectivity index (χ3n) is 3.43. The van der Waals surface area contributed by atoms with Gasteiger partial charge in [-0.3, -0.25) is 4.79 Å². The van der Waals surface area contributed by atoms with Crippen LogP contribution in [0.5, 0.6) is 0 Å². The van der Waals surface area contributed by atoms with Crippen molar-refractivity contribution in [2.45, 2.75) is 20.8 Å². The van der Waals surface area contributed by atoms with Crippen molar-refractivity contribution < 1.29 is 9.90 Å². The van der Waals surface area contributed by atoms with Gasteiger partial charge in [0.15, 0.2) is 0 Å². The Morgan fingerprint density at radius 3 is 2.33 bits per heavy atom. The summed E-state index contributed by atoms with van der Waals surface area (Å²) in [5, 5.41) is 16.8. The molecule has 7 heteroatoms.